The summed E-state index contributed by atoms with van der Waals surface area (Å²) in [7, 11) is 1.82. The molecule has 6 nitrogen and oxygen atoms in total. The van der Waals surface area contributed by atoms with E-state index < -0.39 is 0 Å². The molecule has 1 aromatic heterocycles. The van der Waals surface area contributed by atoms with E-state index in [9.17, 15) is 4.79 Å². The van der Waals surface area contributed by atoms with Crippen LogP contribution in [0.1, 0.15) is 18.1 Å². The largest absolute Gasteiger partial charge is 0.490 e. The van der Waals surface area contributed by atoms with Crippen molar-refractivity contribution >= 4 is 12.0 Å². The lowest BCUT2D eigenvalue weighted by Crippen LogP contribution is -2.17. The van der Waals surface area contributed by atoms with E-state index in [0.717, 1.165) is 11.1 Å². The number of aromatic nitrogens is 2. The second-order valence-corrected chi connectivity index (χ2v) is 5.16. The standard InChI is InChI=1S/C17H18N2O4/c1-3-21-15-6-4-5-13-7-14(11-22-16(13)15)17(20)23-10-12-8-18-19(2)9-12/h4-9H,3,10-11H2,1-2H3. The molecule has 0 atom stereocenters. The number of ether oxygens (including phenoxy) is 3. The zero-order chi connectivity index (χ0) is 16.2. The van der Waals surface area contributed by atoms with Gasteiger partial charge in [-0.05, 0) is 19.1 Å². The third-order valence-corrected chi connectivity index (χ3v) is 3.40. The predicted octanol–water partition coefficient (Wildman–Crippen LogP) is 2.34. The maximum absolute atomic E-state index is 12.2. The van der Waals surface area contributed by atoms with Gasteiger partial charge in [0.1, 0.15) is 13.2 Å². The van der Waals surface area contributed by atoms with Crippen LogP contribution >= 0.6 is 0 Å². The summed E-state index contributed by atoms with van der Waals surface area (Å²) >= 11 is 0. The Morgan fingerprint density at radius 3 is 3.04 bits per heavy atom. The first-order valence-electron chi connectivity index (χ1n) is 7.41. The molecular formula is C17H18N2O4. The predicted molar refractivity (Wildman–Crippen MR) is 84.1 cm³/mol. The van der Waals surface area contributed by atoms with Crippen LogP contribution in [0.2, 0.25) is 0 Å². The summed E-state index contributed by atoms with van der Waals surface area (Å²) in [6, 6.07) is 5.60. The smallest absolute Gasteiger partial charge is 0.337 e. The zero-order valence-electron chi connectivity index (χ0n) is 13.1. The Morgan fingerprint density at radius 2 is 2.30 bits per heavy atom. The maximum Gasteiger partial charge on any atom is 0.337 e. The van der Waals surface area contributed by atoms with Gasteiger partial charge in [0.05, 0.1) is 18.4 Å². The van der Waals surface area contributed by atoms with Gasteiger partial charge in [-0.1, -0.05) is 12.1 Å². The van der Waals surface area contributed by atoms with Crippen molar-refractivity contribution in [2.75, 3.05) is 13.2 Å². The molecule has 0 aliphatic carbocycles. The van der Waals surface area contributed by atoms with Crippen molar-refractivity contribution in [1.29, 1.82) is 0 Å². The molecule has 6 heteroatoms. The molecule has 3 rings (SSSR count). The molecule has 0 saturated carbocycles. The Labute approximate surface area is 134 Å². The van der Waals surface area contributed by atoms with Crippen LogP contribution < -0.4 is 9.47 Å². The van der Waals surface area contributed by atoms with Crippen LogP contribution in [0, 0.1) is 0 Å². The SMILES string of the molecule is CCOc1cccc2c1OCC(C(=O)OCc1cnn(C)c1)=C2. The van der Waals surface area contributed by atoms with Gasteiger partial charge >= 0.3 is 5.97 Å². The lowest BCUT2D eigenvalue weighted by atomic mass is 10.1. The van der Waals surface area contributed by atoms with Crippen LogP contribution in [0.15, 0.2) is 36.2 Å². The molecule has 0 saturated heterocycles. The van der Waals surface area contributed by atoms with Gasteiger partial charge in [0.15, 0.2) is 11.5 Å². The fourth-order valence-corrected chi connectivity index (χ4v) is 2.36. The molecule has 1 aromatic carbocycles. The average molecular weight is 314 g/mol. The lowest BCUT2D eigenvalue weighted by Gasteiger charge is -2.19. The zero-order valence-corrected chi connectivity index (χ0v) is 13.1. The van der Waals surface area contributed by atoms with Crippen LogP contribution in [0.3, 0.4) is 0 Å². The second-order valence-electron chi connectivity index (χ2n) is 5.16. The van der Waals surface area contributed by atoms with Crippen LogP contribution in [0.4, 0.5) is 0 Å². The van der Waals surface area contributed by atoms with Crippen molar-refractivity contribution in [1.82, 2.24) is 9.78 Å². The number of nitrogens with zero attached hydrogens (tertiary/aromatic N) is 2. The molecule has 2 aromatic rings. The first-order chi connectivity index (χ1) is 11.2. The van der Waals surface area contributed by atoms with E-state index in [1.165, 1.54) is 0 Å². The van der Waals surface area contributed by atoms with E-state index in [2.05, 4.69) is 5.10 Å². The third-order valence-electron chi connectivity index (χ3n) is 3.40. The fourth-order valence-electron chi connectivity index (χ4n) is 2.36. The van der Waals surface area contributed by atoms with Crippen molar-refractivity contribution < 1.29 is 19.0 Å². The van der Waals surface area contributed by atoms with Crippen molar-refractivity contribution in [3.63, 3.8) is 0 Å². The summed E-state index contributed by atoms with van der Waals surface area (Å²) < 4.78 is 18.2. The number of aryl methyl sites for hydroxylation is 1. The van der Waals surface area contributed by atoms with Gasteiger partial charge in [-0.25, -0.2) is 4.79 Å². The van der Waals surface area contributed by atoms with Gasteiger partial charge in [-0.2, -0.15) is 5.10 Å². The molecule has 120 valence electrons. The van der Waals surface area contributed by atoms with Crippen molar-refractivity contribution in [3.05, 3.63) is 47.3 Å². The molecular weight excluding hydrogens is 296 g/mol. The minimum Gasteiger partial charge on any atom is -0.490 e. The monoisotopic (exact) mass is 314 g/mol. The van der Waals surface area contributed by atoms with E-state index in [1.807, 2.05) is 38.4 Å². The van der Waals surface area contributed by atoms with Crippen molar-refractivity contribution in [2.45, 2.75) is 13.5 Å². The molecule has 23 heavy (non-hydrogen) atoms. The average Bonchev–Trinajstić information content (AvgIpc) is 2.98. The highest BCUT2D eigenvalue weighted by atomic mass is 16.5. The third kappa shape index (κ3) is 3.36. The number of hydrogen-bond acceptors (Lipinski definition) is 5. The molecule has 0 fully saturated rings. The normalized spacial score (nSPS) is 12.9. The number of carbonyl (C=O) groups is 1. The topological polar surface area (TPSA) is 62.6 Å². The van der Waals surface area contributed by atoms with Crippen molar-refractivity contribution in [3.8, 4) is 11.5 Å². The van der Waals surface area contributed by atoms with Gasteiger partial charge in [0.2, 0.25) is 0 Å². The Kier molecular flexibility index (Phi) is 4.32. The summed E-state index contributed by atoms with van der Waals surface area (Å²) in [4.78, 5) is 12.2. The van der Waals surface area contributed by atoms with Crippen LogP contribution in [0.5, 0.6) is 11.5 Å². The first-order valence-corrected chi connectivity index (χ1v) is 7.41. The van der Waals surface area contributed by atoms with Crippen LogP contribution in [0.25, 0.3) is 6.08 Å². The van der Waals surface area contributed by atoms with E-state index >= 15 is 0 Å². The van der Waals surface area contributed by atoms with Gasteiger partial charge in [-0.3, -0.25) is 4.68 Å². The number of fused-ring (bicyclic) bond motifs is 1. The van der Waals surface area contributed by atoms with Gasteiger partial charge in [0, 0.05) is 24.4 Å². The Bertz CT molecular complexity index is 749. The molecule has 0 N–H and O–H groups in total. The minimum atomic E-state index is -0.388. The lowest BCUT2D eigenvalue weighted by molar-refractivity contribution is -0.140. The Morgan fingerprint density at radius 1 is 1.43 bits per heavy atom. The summed E-state index contributed by atoms with van der Waals surface area (Å²) in [6.45, 7) is 2.83. The highest BCUT2D eigenvalue weighted by Crippen LogP contribution is 2.35. The molecule has 1 aliphatic heterocycles. The highest BCUT2D eigenvalue weighted by Gasteiger charge is 2.21. The second kappa shape index (κ2) is 6.56. The summed E-state index contributed by atoms with van der Waals surface area (Å²) in [5.41, 5.74) is 2.14. The van der Waals surface area contributed by atoms with E-state index in [4.69, 9.17) is 14.2 Å². The Hall–Kier alpha value is -2.76. The molecule has 0 bridgehead atoms. The summed E-state index contributed by atoms with van der Waals surface area (Å²) in [5, 5.41) is 4.04. The minimum absolute atomic E-state index is 0.170. The highest BCUT2D eigenvalue weighted by molar-refractivity contribution is 5.95. The number of rotatable bonds is 5. The van der Waals surface area contributed by atoms with Crippen LogP contribution in [-0.4, -0.2) is 29.0 Å². The summed E-state index contributed by atoms with van der Waals surface area (Å²) in [5.74, 6) is 0.962. The number of benzene rings is 1. The van der Waals surface area contributed by atoms with Crippen molar-refractivity contribution in [2.24, 2.45) is 7.05 Å². The molecule has 2 heterocycles. The number of hydrogen-bond donors (Lipinski definition) is 0. The molecule has 1 aliphatic rings. The number of esters is 1. The molecule has 0 amide bonds. The Balaban J connectivity index is 1.71. The van der Waals surface area contributed by atoms with Crippen LogP contribution in [-0.2, 0) is 23.2 Å². The van der Waals surface area contributed by atoms with Gasteiger partial charge in [0.25, 0.3) is 0 Å². The van der Waals surface area contributed by atoms with E-state index in [-0.39, 0.29) is 19.2 Å². The molecule has 0 spiro atoms. The van der Waals surface area contributed by atoms with E-state index in [1.54, 1.807) is 17.0 Å². The number of carbonyl (C=O) groups excluding carboxylic acids is 1. The number of para-hydroxylation sites is 1. The molecule has 0 unspecified atom stereocenters. The fraction of sp³-hybridized carbons (Fsp3) is 0.294. The van der Waals surface area contributed by atoms with E-state index in [0.29, 0.717) is 23.7 Å². The quantitative estimate of drug-likeness (QED) is 0.793. The van der Waals surface area contributed by atoms with Gasteiger partial charge in [-0.15, -0.1) is 0 Å². The summed E-state index contributed by atoms with van der Waals surface area (Å²) in [6.07, 6.45) is 5.26. The first kappa shape index (κ1) is 15.1. The maximum atomic E-state index is 12.2. The molecule has 0 radical (unpaired) electrons. The van der Waals surface area contributed by atoms with Gasteiger partial charge < -0.3 is 14.2 Å².